The number of esters is 1. The predicted molar refractivity (Wildman–Crippen MR) is 46.0 cm³/mol. The highest BCUT2D eigenvalue weighted by atomic mass is 16.5. The fourth-order valence-electron chi connectivity index (χ4n) is 0.762. The number of carbonyl (C=O) groups excluding carboxylic acids is 1. The van der Waals surface area contributed by atoms with Crippen LogP contribution >= 0.6 is 0 Å². The van der Waals surface area contributed by atoms with E-state index in [1.807, 2.05) is 0 Å². The van der Waals surface area contributed by atoms with E-state index in [1.54, 1.807) is 6.92 Å². The van der Waals surface area contributed by atoms with Gasteiger partial charge in [-0.25, -0.2) is 4.79 Å². The quantitative estimate of drug-likeness (QED) is 0.363. The Morgan fingerprint density at radius 2 is 2.08 bits per heavy atom. The van der Waals surface area contributed by atoms with Crippen molar-refractivity contribution in [2.75, 3.05) is 13.2 Å². The highest BCUT2D eigenvalue weighted by Crippen LogP contribution is 2.03. The summed E-state index contributed by atoms with van der Waals surface area (Å²) in [7, 11) is 0. The molecule has 0 heterocycles. The van der Waals surface area contributed by atoms with Crippen molar-refractivity contribution in [3.63, 3.8) is 0 Å². The molecule has 5 heteroatoms. The fraction of sp³-hybridized carbons (Fsp3) is 0.857. The summed E-state index contributed by atoms with van der Waals surface area (Å²) in [6, 6.07) is 0. The van der Waals surface area contributed by atoms with Gasteiger partial charge in [-0.1, -0.05) is 0 Å². The minimum absolute atomic E-state index is 0.289. The van der Waals surface area contributed by atoms with Crippen LogP contribution in [0.3, 0.4) is 0 Å². The second kappa shape index (κ2) is 5.08. The molecule has 12 heavy (non-hydrogen) atoms. The maximum absolute atomic E-state index is 11.1. The van der Waals surface area contributed by atoms with Gasteiger partial charge in [-0.15, -0.1) is 0 Å². The van der Waals surface area contributed by atoms with E-state index in [1.165, 1.54) is 0 Å². The first-order valence-electron chi connectivity index (χ1n) is 3.99. The summed E-state index contributed by atoms with van der Waals surface area (Å²) in [6.07, 6.45) is 0.966. The van der Waals surface area contributed by atoms with E-state index in [4.69, 9.17) is 17.2 Å². The van der Waals surface area contributed by atoms with Gasteiger partial charge in [-0.3, -0.25) is 0 Å². The van der Waals surface area contributed by atoms with E-state index >= 15 is 0 Å². The molecule has 5 nitrogen and oxygen atoms in total. The van der Waals surface area contributed by atoms with Gasteiger partial charge in [-0.05, 0) is 26.3 Å². The zero-order valence-electron chi connectivity index (χ0n) is 7.38. The third kappa shape index (κ3) is 3.66. The molecule has 0 amide bonds. The minimum atomic E-state index is -1.38. The Morgan fingerprint density at radius 3 is 2.50 bits per heavy atom. The van der Waals surface area contributed by atoms with E-state index in [0.717, 1.165) is 0 Å². The van der Waals surface area contributed by atoms with Crippen LogP contribution in [0.4, 0.5) is 0 Å². The lowest BCUT2D eigenvalue weighted by Crippen LogP contribution is -2.57. The number of hydrogen-bond acceptors (Lipinski definition) is 5. The molecule has 0 saturated carbocycles. The molecule has 0 aliphatic rings. The Hall–Kier alpha value is -0.650. The molecule has 0 unspecified atom stereocenters. The van der Waals surface area contributed by atoms with Gasteiger partial charge in [0.05, 0.1) is 6.61 Å². The fourth-order valence-corrected chi connectivity index (χ4v) is 0.762. The molecule has 0 spiro atoms. The molecule has 0 aliphatic carbocycles. The van der Waals surface area contributed by atoms with Gasteiger partial charge in [0.15, 0.2) is 5.66 Å². The van der Waals surface area contributed by atoms with Crippen LogP contribution in [0, 0.1) is 0 Å². The number of ether oxygens (including phenoxy) is 1. The van der Waals surface area contributed by atoms with Gasteiger partial charge < -0.3 is 21.9 Å². The summed E-state index contributed by atoms with van der Waals surface area (Å²) < 4.78 is 4.67. The topological polar surface area (TPSA) is 104 Å². The molecule has 0 aliphatic heterocycles. The Kier molecular flexibility index (Phi) is 4.80. The van der Waals surface area contributed by atoms with Crippen molar-refractivity contribution in [2.24, 2.45) is 17.2 Å². The van der Waals surface area contributed by atoms with Crippen molar-refractivity contribution in [1.29, 1.82) is 0 Å². The lowest BCUT2D eigenvalue weighted by atomic mass is 10.1. The number of nitrogens with two attached hydrogens (primary N) is 3. The van der Waals surface area contributed by atoms with Crippen LogP contribution in [0.2, 0.25) is 0 Å². The molecule has 0 rings (SSSR count). The number of hydrogen-bond donors (Lipinski definition) is 3. The molecule has 0 radical (unpaired) electrons. The highest BCUT2D eigenvalue weighted by molar-refractivity contribution is 5.79. The zero-order chi connectivity index (χ0) is 9.61. The normalized spacial score (nSPS) is 11.3. The SMILES string of the molecule is CCOC(=O)C(N)(N)CCCN. The van der Waals surface area contributed by atoms with Gasteiger partial charge in [0.2, 0.25) is 0 Å². The van der Waals surface area contributed by atoms with E-state index in [2.05, 4.69) is 4.74 Å². The molecular weight excluding hydrogens is 158 g/mol. The predicted octanol–water partition coefficient (Wildman–Crippen LogP) is -1.10. The molecule has 0 saturated heterocycles. The Morgan fingerprint density at radius 1 is 1.50 bits per heavy atom. The van der Waals surface area contributed by atoms with E-state index in [0.29, 0.717) is 19.4 Å². The van der Waals surface area contributed by atoms with Gasteiger partial charge in [-0.2, -0.15) is 0 Å². The largest absolute Gasteiger partial charge is 0.464 e. The number of rotatable bonds is 5. The average molecular weight is 175 g/mol. The maximum Gasteiger partial charge on any atom is 0.340 e. The third-order valence-corrected chi connectivity index (χ3v) is 1.45. The van der Waals surface area contributed by atoms with Crippen molar-refractivity contribution >= 4 is 5.97 Å². The van der Waals surface area contributed by atoms with Crippen molar-refractivity contribution in [1.82, 2.24) is 0 Å². The second-order valence-corrected chi connectivity index (χ2v) is 2.65. The molecule has 6 N–H and O–H groups in total. The maximum atomic E-state index is 11.1. The lowest BCUT2D eigenvalue weighted by molar-refractivity contribution is -0.149. The molecule has 0 bridgehead atoms. The van der Waals surface area contributed by atoms with Crippen LogP contribution in [0.1, 0.15) is 19.8 Å². The Labute approximate surface area is 72.2 Å². The van der Waals surface area contributed by atoms with Gasteiger partial charge in [0.1, 0.15) is 0 Å². The van der Waals surface area contributed by atoms with Crippen LogP contribution in [0.25, 0.3) is 0 Å². The monoisotopic (exact) mass is 175 g/mol. The summed E-state index contributed by atoms with van der Waals surface area (Å²) in [5, 5.41) is 0. The van der Waals surface area contributed by atoms with E-state index in [-0.39, 0.29) is 6.61 Å². The Balaban J connectivity index is 3.90. The van der Waals surface area contributed by atoms with Crippen LogP contribution in [-0.2, 0) is 9.53 Å². The van der Waals surface area contributed by atoms with Crippen LogP contribution in [-0.4, -0.2) is 24.8 Å². The minimum Gasteiger partial charge on any atom is -0.464 e. The van der Waals surface area contributed by atoms with Gasteiger partial charge in [0.25, 0.3) is 0 Å². The summed E-state index contributed by atoms with van der Waals surface area (Å²) in [6.45, 7) is 2.46. The molecule has 0 aromatic heterocycles. The van der Waals surface area contributed by atoms with Crippen molar-refractivity contribution < 1.29 is 9.53 Å². The van der Waals surface area contributed by atoms with E-state index in [9.17, 15) is 4.79 Å². The molecule has 0 aromatic carbocycles. The van der Waals surface area contributed by atoms with Crippen LogP contribution in [0.15, 0.2) is 0 Å². The zero-order valence-corrected chi connectivity index (χ0v) is 7.38. The van der Waals surface area contributed by atoms with Crippen LogP contribution in [0.5, 0.6) is 0 Å². The average Bonchev–Trinajstić information content (AvgIpc) is 2.01. The summed E-state index contributed by atoms with van der Waals surface area (Å²) in [5.41, 5.74) is 14.8. The smallest absolute Gasteiger partial charge is 0.340 e. The summed E-state index contributed by atoms with van der Waals surface area (Å²) in [4.78, 5) is 11.1. The van der Waals surface area contributed by atoms with Gasteiger partial charge in [0, 0.05) is 0 Å². The summed E-state index contributed by atoms with van der Waals surface area (Å²) >= 11 is 0. The first kappa shape index (κ1) is 11.4. The molecular formula is C7H17N3O2. The lowest BCUT2D eigenvalue weighted by Gasteiger charge is -2.21. The van der Waals surface area contributed by atoms with Crippen molar-refractivity contribution in [2.45, 2.75) is 25.4 Å². The highest BCUT2D eigenvalue weighted by Gasteiger charge is 2.29. The van der Waals surface area contributed by atoms with E-state index < -0.39 is 11.6 Å². The first-order chi connectivity index (χ1) is 5.54. The third-order valence-electron chi connectivity index (χ3n) is 1.45. The van der Waals surface area contributed by atoms with Gasteiger partial charge >= 0.3 is 5.97 Å². The number of carbonyl (C=O) groups is 1. The molecule has 72 valence electrons. The Bertz CT molecular complexity index is 148. The van der Waals surface area contributed by atoms with Crippen molar-refractivity contribution in [3.05, 3.63) is 0 Å². The molecule has 0 aromatic rings. The van der Waals surface area contributed by atoms with Crippen molar-refractivity contribution in [3.8, 4) is 0 Å². The summed E-state index contributed by atoms with van der Waals surface area (Å²) in [5.74, 6) is -0.571. The molecule has 0 fully saturated rings. The first-order valence-corrected chi connectivity index (χ1v) is 3.99. The standard InChI is InChI=1S/C7H17N3O2/c1-2-12-6(11)7(9,10)4-3-5-8/h2-5,8-10H2,1H3. The van der Waals surface area contributed by atoms with Crippen LogP contribution < -0.4 is 17.2 Å². The second-order valence-electron chi connectivity index (χ2n) is 2.65. The molecule has 0 atom stereocenters.